The molecule has 0 saturated heterocycles. The molecule has 0 aliphatic rings. The van der Waals surface area contributed by atoms with Gasteiger partial charge in [-0.05, 0) is 61.0 Å². The van der Waals surface area contributed by atoms with E-state index in [-0.39, 0.29) is 12.5 Å². The molecule has 0 fully saturated rings. The number of amides is 1. The minimum Gasteiger partial charge on any atom is -0.490 e. The van der Waals surface area contributed by atoms with Gasteiger partial charge in [-0.15, -0.1) is 0 Å². The zero-order valence-electron chi connectivity index (χ0n) is 18.2. The van der Waals surface area contributed by atoms with Crippen LogP contribution in [0.25, 0.3) is 0 Å². The predicted octanol–water partition coefficient (Wildman–Crippen LogP) is 5.15. The molecule has 0 unspecified atom stereocenters. The van der Waals surface area contributed by atoms with Crippen molar-refractivity contribution in [1.29, 1.82) is 0 Å². The molecule has 3 aromatic carbocycles. The normalized spacial score (nSPS) is 10.2. The van der Waals surface area contributed by atoms with Crippen LogP contribution in [0.1, 0.15) is 6.92 Å². The second-order valence-electron chi connectivity index (χ2n) is 7.18. The Morgan fingerprint density at radius 3 is 2.12 bits per heavy atom. The smallest absolute Gasteiger partial charge is 0.243 e. The lowest BCUT2D eigenvalue weighted by atomic mass is 10.2. The first kappa shape index (κ1) is 22.7. The quantitative estimate of drug-likeness (QED) is 0.306. The van der Waals surface area contributed by atoms with Crippen LogP contribution < -0.4 is 24.8 Å². The monoisotopic (exact) mass is 432 g/mol. The fourth-order valence-corrected chi connectivity index (χ4v) is 2.78. The van der Waals surface area contributed by atoms with Crippen molar-refractivity contribution in [2.24, 2.45) is 0 Å². The summed E-state index contributed by atoms with van der Waals surface area (Å²) in [5.41, 5.74) is 2.35. The molecule has 2 N–H and O–H groups in total. The molecule has 0 aliphatic carbocycles. The number of rotatable bonds is 12. The summed E-state index contributed by atoms with van der Waals surface area (Å²) in [6, 6.07) is 24.4. The van der Waals surface area contributed by atoms with Crippen molar-refractivity contribution in [2.75, 3.05) is 37.0 Å². The Labute approximate surface area is 188 Å². The maximum Gasteiger partial charge on any atom is 0.243 e. The van der Waals surface area contributed by atoms with Gasteiger partial charge in [0.1, 0.15) is 37.1 Å². The topological polar surface area (TPSA) is 68.8 Å². The SMILES string of the molecule is C=C(C)COc1ccccc1NC(=O)CNc1ccc(OCCOc2ccccc2)cc1. The molecule has 0 aromatic heterocycles. The van der Waals surface area contributed by atoms with Gasteiger partial charge in [0.15, 0.2) is 0 Å². The molecule has 3 aromatic rings. The predicted molar refractivity (Wildman–Crippen MR) is 128 cm³/mol. The van der Waals surface area contributed by atoms with E-state index in [2.05, 4.69) is 17.2 Å². The van der Waals surface area contributed by atoms with E-state index in [4.69, 9.17) is 14.2 Å². The highest BCUT2D eigenvalue weighted by molar-refractivity contribution is 5.95. The summed E-state index contributed by atoms with van der Waals surface area (Å²) in [5.74, 6) is 2.00. The molecule has 0 atom stereocenters. The first-order chi connectivity index (χ1) is 15.6. The maximum atomic E-state index is 12.3. The number of nitrogens with one attached hydrogen (secondary N) is 2. The molecule has 166 valence electrons. The largest absolute Gasteiger partial charge is 0.490 e. The van der Waals surface area contributed by atoms with E-state index in [1.165, 1.54) is 0 Å². The lowest BCUT2D eigenvalue weighted by molar-refractivity contribution is -0.114. The Morgan fingerprint density at radius 2 is 1.44 bits per heavy atom. The van der Waals surface area contributed by atoms with E-state index in [9.17, 15) is 4.79 Å². The molecular formula is C26H28N2O4. The molecule has 0 bridgehead atoms. The van der Waals surface area contributed by atoms with Crippen LogP contribution in [0.15, 0.2) is 91.0 Å². The fraction of sp³-hybridized carbons (Fsp3) is 0.192. The molecule has 32 heavy (non-hydrogen) atoms. The van der Waals surface area contributed by atoms with Crippen LogP contribution in [0.3, 0.4) is 0 Å². The molecule has 0 saturated carbocycles. The van der Waals surface area contributed by atoms with Gasteiger partial charge in [0.2, 0.25) is 5.91 Å². The fourth-order valence-electron chi connectivity index (χ4n) is 2.78. The summed E-state index contributed by atoms with van der Waals surface area (Å²) in [6.07, 6.45) is 0. The van der Waals surface area contributed by atoms with Gasteiger partial charge >= 0.3 is 0 Å². The van der Waals surface area contributed by atoms with E-state index in [0.717, 1.165) is 22.8 Å². The first-order valence-electron chi connectivity index (χ1n) is 10.4. The summed E-state index contributed by atoms with van der Waals surface area (Å²) in [6.45, 7) is 7.14. The molecule has 0 aliphatic heterocycles. The van der Waals surface area contributed by atoms with Crippen molar-refractivity contribution in [3.8, 4) is 17.2 Å². The van der Waals surface area contributed by atoms with E-state index in [1.807, 2.05) is 79.7 Å². The van der Waals surface area contributed by atoms with E-state index in [1.54, 1.807) is 6.07 Å². The van der Waals surface area contributed by atoms with Gasteiger partial charge in [-0.25, -0.2) is 0 Å². The molecule has 1 amide bonds. The number of anilines is 2. The van der Waals surface area contributed by atoms with Crippen LogP contribution in [0.2, 0.25) is 0 Å². The average molecular weight is 433 g/mol. The van der Waals surface area contributed by atoms with E-state index >= 15 is 0 Å². The van der Waals surface area contributed by atoms with Gasteiger partial charge in [-0.2, -0.15) is 0 Å². The number of ether oxygens (including phenoxy) is 3. The summed E-state index contributed by atoms with van der Waals surface area (Å²) in [4.78, 5) is 12.3. The number of hydrogen-bond acceptors (Lipinski definition) is 5. The lowest BCUT2D eigenvalue weighted by Crippen LogP contribution is -2.22. The minimum atomic E-state index is -0.172. The number of hydrogen-bond donors (Lipinski definition) is 2. The van der Waals surface area contributed by atoms with Crippen LogP contribution >= 0.6 is 0 Å². The summed E-state index contributed by atoms with van der Waals surface area (Å²) < 4.78 is 17.0. The van der Waals surface area contributed by atoms with Gasteiger partial charge < -0.3 is 24.8 Å². The average Bonchev–Trinajstić information content (AvgIpc) is 2.81. The third kappa shape index (κ3) is 7.72. The zero-order valence-corrected chi connectivity index (χ0v) is 18.2. The molecule has 0 spiro atoms. The van der Waals surface area contributed by atoms with E-state index in [0.29, 0.717) is 31.3 Å². The Morgan fingerprint density at radius 1 is 0.812 bits per heavy atom. The van der Waals surface area contributed by atoms with Gasteiger partial charge in [0.05, 0.1) is 12.2 Å². The number of carbonyl (C=O) groups is 1. The molecule has 3 rings (SSSR count). The summed E-state index contributed by atoms with van der Waals surface area (Å²) >= 11 is 0. The van der Waals surface area contributed by atoms with E-state index < -0.39 is 0 Å². The highest BCUT2D eigenvalue weighted by atomic mass is 16.5. The Bertz CT molecular complexity index is 1000. The second kappa shape index (κ2) is 12.1. The molecule has 6 heteroatoms. The molecule has 0 heterocycles. The molecule has 0 radical (unpaired) electrons. The molecule has 6 nitrogen and oxygen atoms in total. The Kier molecular flexibility index (Phi) is 8.57. The number of benzene rings is 3. The van der Waals surface area contributed by atoms with Gasteiger partial charge in [-0.3, -0.25) is 4.79 Å². The van der Waals surface area contributed by atoms with Crippen molar-refractivity contribution in [3.63, 3.8) is 0 Å². The van der Waals surface area contributed by atoms with Crippen LogP contribution in [-0.4, -0.2) is 32.3 Å². The Balaban J connectivity index is 1.40. The van der Waals surface area contributed by atoms with Gasteiger partial charge in [0, 0.05) is 5.69 Å². The van der Waals surface area contributed by atoms with Crippen LogP contribution in [0.5, 0.6) is 17.2 Å². The standard InChI is InChI=1S/C26H28N2O4/c1-20(2)19-32-25-11-7-6-10-24(25)28-26(29)18-27-21-12-14-23(15-13-21)31-17-16-30-22-8-4-3-5-9-22/h3-15,27H,1,16-19H2,2H3,(H,28,29). The van der Waals surface area contributed by atoms with Crippen LogP contribution in [0.4, 0.5) is 11.4 Å². The van der Waals surface area contributed by atoms with Crippen molar-refractivity contribution < 1.29 is 19.0 Å². The summed E-state index contributed by atoms with van der Waals surface area (Å²) in [7, 11) is 0. The van der Waals surface area contributed by atoms with Crippen molar-refractivity contribution in [3.05, 3.63) is 91.0 Å². The van der Waals surface area contributed by atoms with Gasteiger partial charge in [-0.1, -0.05) is 36.9 Å². The van der Waals surface area contributed by atoms with Crippen molar-refractivity contribution >= 4 is 17.3 Å². The lowest BCUT2D eigenvalue weighted by Gasteiger charge is -2.13. The minimum absolute atomic E-state index is 0.125. The maximum absolute atomic E-state index is 12.3. The van der Waals surface area contributed by atoms with Gasteiger partial charge in [0.25, 0.3) is 0 Å². The number of para-hydroxylation sites is 3. The van der Waals surface area contributed by atoms with Crippen LogP contribution in [0, 0.1) is 0 Å². The third-order valence-corrected chi connectivity index (χ3v) is 4.31. The number of carbonyl (C=O) groups excluding carboxylic acids is 1. The van der Waals surface area contributed by atoms with Crippen molar-refractivity contribution in [2.45, 2.75) is 6.92 Å². The zero-order chi connectivity index (χ0) is 22.6. The Hall–Kier alpha value is -3.93. The first-order valence-corrected chi connectivity index (χ1v) is 10.4. The van der Waals surface area contributed by atoms with Crippen LogP contribution in [-0.2, 0) is 4.79 Å². The highest BCUT2D eigenvalue weighted by Crippen LogP contribution is 2.24. The summed E-state index contributed by atoms with van der Waals surface area (Å²) in [5, 5.41) is 5.97. The second-order valence-corrected chi connectivity index (χ2v) is 7.18. The highest BCUT2D eigenvalue weighted by Gasteiger charge is 2.08. The third-order valence-electron chi connectivity index (χ3n) is 4.31. The van der Waals surface area contributed by atoms with Crippen molar-refractivity contribution in [1.82, 2.24) is 0 Å². The molecular weight excluding hydrogens is 404 g/mol.